The molecule has 13 heteroatoms. The molecule has 0 aliphatic carbocycles. The Morgan fingerprint density at radius 3 is 2.40 bits per heavy atom. The Labute approximate surface area is 194 Å². The van der Waals surface area contributed by atoms with Crippen molar-refractivity contribution in [1.29, 1.82) is 0 Å². The summed E-state index contributed by atoms with van der Waals surface area (Å²) >= 11 is 18.1. The van der Waals surface area contributed by atoms with Gasteiger partial charge in [0.05, 0.1) is 0 Å². The minimum atomic E-state index is -4.18. The number of nitrogens with zero attached hydrogens (tertiary/aromatic N) is 1. The molecule has 0 N–H and O–H groups in total. The summed E-state index contributed by atoms with van der Waals surface area (Å²) in [7, 11) is -2.78. The third kappa shape index (κ3) is 8.01. The molecule has 0 amide bonds. The van der Waals surface area contributed by atoms with E-state index in [-0.39, 0.29) is 85.4 Å². The van der Waals surface area contributed by atoms with Gasteiger partial charge in [-0.25, -0.2) is 0 Å². The van der Waals surface area contributed by atoms with Crippen molar-refractivity contribution >= 4 is 104 Å². The first-order valence-corrected chi connectivity index (χ1v) is 12.8. The van der Waals surface area contributed by atoms with Crippen molar-refractivity contribution in [1.82, 2.24) is 0 Å². The predicted octanol–water partition coefficient (Wildman–Crippen LogP) is 2.31. The zero-order valence-corrected chi connectivity index (χ0v) is 25.0. The summed E-state index contributed by atoms with van der Waals surface area (Å²) < 4.78 is 40.9. The van der Waals surface area contributed by atoms with E-state index in [1.165, 1.54) is 19.4 Å². The molecule has 0 aliphatic heterocycles. The van der Waals surface area contributed by atoms with E-state index in [1.807, 2.05) is 0 Å². The Morgan fingerprint density at radius 1 is 1.20 bits per heavy atom. The van der Waals surface area contributed by atoms with Gasteiger partial charge in [-0.3, -0.25) is 0 Å². The molecule has 0 saturated heterocycles. The summed E-state index contributed by atoms with van der Waals surface area (Å²) in [5.74, 6) is 0. The Balaban J connectivity index is 3.03. The third-order valence-corrected chi connectivity index (χ3v) is 7.45. The first-order chi connectivity index (χ1) is 11.7. The second-order valence-corrected chi connectivity index (χ2v) is 9.67. The molecule has 1 aromatic carbocycles. The van der Waals surface area contributed by atoms with Crippen LogP contribution in [0.5, 0.6) is 0 Å². The SMILES string of the molecule is CO/N=C\C(CC(C[O][Tl])OS(=O)(=O)c1cc(Cl)c(Cl)cc1Cl)[O][Tl]. The van der Waals surface area contributed by atoms with Crippen LogP contribution in [-0.4, -0.2) is 93.0 Å². The number of oxime groups is 1. The summed E-state index contributed by atoms with van der Waals surface area (Å²) in [6.45, 7) is 0.0915. The van der Waals surface area contributed by atoms with Crippen molar-refractivity contribution in [3.63, 3.8) is 0 Å². The summed E-state index contributed by atoms with van der Waals surface area (Å²) in [6, 6.07) is 2.40. The number of hydrogen-bond donors (Lipinski definition) is 0. The average molecular weight is 813 g/mol. The van der Waals surface area contributed by atoms with Crippen molar-refractivity contribution in [2.75, 3.05) is 13.7 Å². The van der Waals surface area contributed by atoms with Crippen LogP contribution in [0.3, 0.4) is 0 Å². The molecular weight excluding hydrogens is 801 g/mol. The van der Waals surface area contributed by atoms with Crippen molar-refractivity contribution < 1.29 is 22.8 Å². The molecule has 2 atom stereocenters. The van der Waals surface area contributed by atoms with Gasteiger partial charge in [0.1, 0.15) is 0 Å². The Bertz CT molecular complexity index is 706. The average Bonchev–Trinajstić information content (AvgIpc) is 2.54. The Hall–Kier alpha value is 1.23. The molecule has 0 fully saturated rings. The van der Waals surface area contributed by atoms with Crippen LogP contribution in [0.15, 0.2) is 22.2 Å². The van der Waals surface area contributed by atoms with Gasteiger partial charge in [-0.2, -0.15) is 0 Å². The van der Waals surface area contributed by atoms with Gasteiger partial charge in [-0.05, 0) is 0 Å². The van der Waals surface area contributed by atoms with E-state index >= 15 is 0 Å². The fraction of sp³-hybridized carbons (Fsp3) is 0.417. The van der Waals surface area contributed by atoms with Gasteiger partial charge >= 0.3 is 196 Å². The van der Waals surface area contributed by atoms with Crippen LogP contribution in [0, 0.1) is 0 Å². The Kier molecular flexibility index (Phi) is 11.6. The first-order valence-electron chi connectivity index (χ1n) is 6.56. The van der Waals surface area contributed by atoms with Gasteiger partial charge in [0.25, 0.3) is 0 Å². The van der Waals surface area contributed by atoms with Crippen LogP contribution in [0.4, 0.5) is 0 Å². The second kappa shape index (κ2) is 11.9. The molecule has 0 bridgehead atoms. The monoisotopic (exact) mass is 813 g/mol. The van der Waals surface area contributed by atoms with E-state index < -0.39 is 22.3 Å². The van der Waals surface area contributed by atoms with Gasteiger partial charge in [0.15, 0.2) is 0 Å². The summed E-state index contributed by atoms with van der Waals surface area (Å²) in [4.78, 5) is 4.34. The van der Waals surface area contributed by atoms with Gasteiger partial charge < -0.3 is 0 Å². The normalized spacial score (nSPS) is 14.5. The zero-order chi connectivity index (χ0) is 19.0. The topological polar surface area (TPSA) is 83.4 Å². The van der Waals surface area contributed by atoms with Crippen molar-refractivity contribution in [2.24, 2.45) is 5.16 Å². The molecule has 134 valence electrons. The molecule has 0 heterocycles. The molecule has 25 heavy (non-hydrogen) atoms. The van der Waals surface area contributed by atoms with Gasteiger partial charge in [-0.15, -0.1) is 0 Å². The summed E-state index contributed by atoms with van der Waals surface area (Å²) in [5.41, 5.74) is 0. The van der Waals surface area contributed by atoms with E-state index in [4.69, 9.17) is 44.4 Å². The fourth-order valence-corrected chi connectivity index (χ4v) is 5.30. The minimum absolute atomic E-state index is 0.0552. The molecule has 1 aromatic rings. The molecule has 0 spiro atoms. The quantitative estimate of drug-likeness (QED) is 0.119. The number of rotatable bonds is 10. The molecule has 0 radical (unpaired) electrons. The molecular formula is C12H12Cl3NO6STl2. The predicted molar refractivity (Wildman–Crippen MR) is 96.0 cm³/mol. The third-order valence-electron chi connectivity index (χ3n) is 2.79. The van der Waals surface area contributed by atoms with E-state index in [1.54, 1.807) is 0 Å². The molecule has 1 rings (SSSR count). The van der Waals surface area contributed by atoms with E-state index in [0.29, 0.717) is 0 Å². The molecule has 0 saturated carbocycles. The van der Waals surface area contributed by atoms with Gasteiger partial charge in [-0.1, -0.05) is 0 Å². The number of halogens is 3. The molecule has 2 unspecified atom stereocenters. The van der Waals surface area contributed by atoms with Crippen molar-refractivity contribution in [2.45, 2.75) is 23.5 Å². The number of hydrogen-bond acceptors (Lipinski definition) is 7. The van der Waals surface area contributed by atoms with Gasteiger partial charge in [0.2, 0.25) is 0 Å². The van der Waals surface area contributed by atoms with Crippen LogP contribution >= 0.6 is 34.8 Å². The van der Waals surface area contributed by atoms with Crippen LogP contribution in [0.2, 0.25) is 15.1 Å². The summed E-state index contributed by atoms with van der Waals surface area (Å²) in [5, 5.41) is 3.75. The molecule has 0 aliphatic rings. The Morgan fingerprint density at radius 2 is 1.84 bits per heavy atom. The van der Waals surface area contributed by atoms with Crippen molar-refractivity contribution in [3.05, 3.63) is 27.2 Å². The van der Waals surface area contributed by atoms with Crippen LogP contribution in [0.25, 0.3) is 0 Å². The second-order valence-electron chi connectivity index (χ2n) is 4.55. The molecule has 7 nitrogen and oxygen atoms in total. The number of benzene rings is 1. The van der Waals surface area contributed by atoms with E-state index in [2.05, 4.69) is 9.99 Å². The standard InChI is InChI=1S/C12H12Cl3NO6S.2Tl/c1-21-16-5-7(18)2-8(6-17)22-23(19,20)12-4-10(14)9(13)3-11(12)15;;/h3-5,7-8H,2,6H2,1H3;;/q-2;2*+1/b16-5-;;. The van der Waals surface area contributed by atoms with Crippen LogP contribution < -0.4 is 0 Å². The van der Waals surface area contributed by atoms with E-state index in [9.17, 15) is 8.42 Å². The maximum absolute atomic E-state index is 12.5. The molecule has 0 aromatic heterocycles. The summed E-state index contributed by atoms with van der Waals surface area (Å²) in [6.07, 6.45) is 0.417. The zero-order valence-electron chi connectivity index (χ0n) is 12.9. The van der Waals surface area contributed by atoms with Crippen LogP contribution in [-0.2, 0) is 24.5 Å². The van der Waals surface area contributed by atoms with Gasteiger partial charge in [0, 0.05) is 0 Å². The van der Waals surface area contributed by atoms with E-state index in [0.717, 1.165) is 6.07 Å². The maximum atomic E-state index is 12.5. The van der Waals surface area contributed by atoms with Crippen LogP contribution in [0.1, 0.15) is 6.42 Å². The first kappa shape index (κ1) is 24.3. The fourth-order valence-electron chi connectivity index (χ4n) is 1.71. The van der Waals surface area contributed by atoms with Crippen molar-refractivity contribution in [3.8, 4) is 0 Å².